The number of carbonyl (C=O) groups is 2. The first kappa shape index (κ1) is 22.4. The Kier molecular flexibility index (Phi) is 6.37. The van der Waals surface area contributed by atoms with E-state index in [1.807, 2.05) is 6.07 Å². The van der Waals surface area contributed by atoms with E-state index in [-0.39, 0.29) is 23.7 Å². The summed E-state index contributed by atoms with van der Waals surface area (Å²) in [5.41, 5.74) is 8.00. The fourth-order valence-corrected chi connectivity index (χ4v) is 3.72. The molecule has 170 valence electrons. The average Bonchev–Trinajstić information content (AvgIpc) is 3.44. The van der Waals surface area contributed by atoms with Gasteiger partial charge in [-0.1, -0.05) is 11.6 Å². The van der Waals surface area contributed by atoms with E-state index in [0.29, 0.717) is 35.3 Å². The molecular weight excluding hydrogens is 444 g/mol. The number of anilines is 1. The standard InChI is InChI=1S/C24H23ClN4O4/c1-29(2)24(31)20-6-5-19(33-20)15-9-16-10-17(32-23(16)18(25)11-15)13-28-22(30)8-4-14-3-7-21(26)27-12-14/h3-9,11-12,17H,10,13H2,1-2H3,(H2,26,27)(H,28,30). The quantitative estimate of drug-likeness (QED) is 0.538. The molecule has 0 aliphatic carbocycles. The van der Waals surface area contributed by atoms with E-state index >= 15 is 0 Å². The van der Waals surface area contributed by atoms with Crippen LogP contribution >= 0.6 is 11.6 Å². The second-order valence-corrected chi connectivity index (χ2v) is 8.26. The predicted octanol–water partition coefficient (Wildman–Crippen LogP) is 3.41. The Hall–Kier alpha value is -3.78. The predicted molar refractivity (Wildman–Crippen MR) is 126 cm³/mol. The number of nitrogens with one attached hydrogen (secondary N) is 1. The third-order valence-electron chi connectivity index (χ3n) is 5.10. The number of carbonyl (C=O) groups excluding carboxylic acids is 2. The molecule has 0 spiro atoms. The minimum absolute atomic E-state index is 0.214. The van der Waals surface area contributed by atoms with Gasteiger partial charge in [-0.25, -0.2) is 4.98 Å². The molecule has 3 heterocycles. The summed E-state index contributed by atoms with van der Waals surface area (Å²) in [7, 11) is 3.33. The van der Waals surface area contributed by atoms with Crippen molar-refractivity contribution in [2.75, 3.05) is 26.4 Å². The lowest BCUT2D eigenvalue weighted by molar-refractivity contribution is -0.116. The van der Waals surface area contributed by atoms with Crippen molar-refractivity contribution in [3.8, 4) is 17.1 Å². The summed E-state index contributed by atoms with van der Waals surface area (Å²) in [6.07, 6.45) is 5.02. The molecule has 0 radical (unpaired) electrons. The molecule has 1 atom stereocenters. The van der Waals surface area contributed by atoms with Crippen LogP contribution in [0.1, 0.15) is 21.7 Å². The molecular formula is C24H23ClN4O4. The van der Waals surface area contributed by atoms with Gasteiger partial charge in [0.2, 0.25) is 5.91 Å². The van der Waals surface area contributed by atoms with Crippen LogP contribution in [0.3, 0.4) is 0 Å². The topological polar surface area (TPSA) is 111 Å². The van der Waals surface area contributed by atoms with Gasteiger partial charge in [-0.2, -0.15) is 0 Å². The summed E-state index contributed by atoms with van der Waals surface area (Å²) in [4.78, 5) is 29.7. The number of aromatic nitrogens is 1. The van der Waals surface area contributed by atoms with Crippen LogP contribution in [0, 0.1) is 0 Å². The Morgan fingerprint density at radius 3 is 2.82 bits per heavy atom. The van der Waals surface area contributed by atoms with Gasteiger partial charge in [0, 0.05) is 43.9 Å². The monoisotopic (exact) mass is 466 g/mol. The Labute approximate surface area is 196 Å². The van der Waals surface area contributed by atoms with E-state index in [2.05, 4.69) is 10.3 Å². The van der Waals surface area contributed by atoms with Crippen LogP contribution in [-0.2, 0) is 11.2 Å². The summed E-state index contributed by atoms with van der Waals surface area (Å²) in [6, 6.07) is 10.5. The number of hydrogen-bond donors (Lipinski definition) is 2. The normalized spacial score (nSPS) is 14.7. The van der Waals surface area contributed by atoms with Gasteiger partial charge in [0.15, 0.2) is 5.76 Å². The summed E-state index contributed by atoms with van der Waals surface area (Å²) < 4.78 is 11.7. The van der Waals surface area contributed by atoms with E-state index in [4.69, 9.17) is 26.5 Å². The van der Waals surface area contributed by atoms with Crippen molar-refractivity contribution in [2.45, 2.75) is 12.5 Å². The first-order valence-electron chi connectivity index (χ1n) is 10.3. The number of fused-ring (bicyclic) bond motifs is 1. The molecule has 0 saturated heterocycles. The maximum atomic E-state index is 12.2. The maximum absolute atomic E-state index is 12.2. The number of nitrogen functional groups attached to an aromatic ring is 1. The summed E-state index contributed by atoms with van der Waals surface area (Å²) >= 11 is 6.45. The maximum Gasteiger partial charge on any atom is 0.289 e. The number of hydrogen-bond acceptors (Lipinski definition) is 6. The van der Waals surface area contributed by atoms with Crippen LogP contribution in [0.2, 0.25) is 5.02 Å². The molecule has 3 aromatic rings. The third-order valence-corrected chi connectivity index (χ3v) is 5.38. The molecule has 1 unspecified atom stereocenters. The van der Waals surface area contributed by atoms with Crippen LogP contribution in [0.4, 0.5) is 5.82 Å². The minimum Gasteiger partial charge on any atom is -0.486 e. The molecule has 0 fully saturated rings. The number of benzene rings is 1. The molecule has 33 heavy (non-hydrogen) atoms. The SMILES string of the molecule is CN(C)C(=O)c1ccc(-c2cc(Cl)c3c(c2)CC(CNC(=O)C=Cc2ccc(N)nc2)O3)o1. The van der Waals surface area contributed by atoms with Gasteiger partial charge in [0.1, 0.15) is 23.4 Å². The molecule has 1 aliphatic heterocycles. The Bertz CT molecular complexity index is 1220. The lowest BCUT2D eigenvalue weighted by Crippen LogP contribution is -2.33. The third kappa shape index (κ3) is 5.18. The van der Waals surface area contributed by atoms with Crippen LogP contribution in [0.5, 0.6) is 5.75 Å². The van der Waals surface area contributed by atoms with Crippen LogP contribution in [0.15, 0.2) is 53.1 Å². The second-order valence-electron chi connectivity index (χ2n) is 7.85. The van der Waals surface area contributed by atoms with Gasteiger partial charge in [-0.05, 0) is 48.0 Å². The number of ether oxygens (including phenoxy) is 1. The number of nitrogens with two attached hydrogens (primary N) is 1. The zero-order valence-electron chi connectivity index (χ0n) is 18.2. The van der Waals surface area contributed by atoms with Crippen molar-refractivity contribution in [3.63, 3.8) is 0 Å². The summed E-state index contributed by atoms with van der Waals surface area (Å²) in [5.74, 6) is 1.36. The van der Waals surface area contributed by atoms with Crippen molar-refractivity contribution in [2.24, 2.45) is 0 Å². The van der Waals surface area contributed by atoms with E-state index in [9.17, 15) is 9.59 Å². The van der Waals surface area contributed by atoms with Crippen LogP contribution < -0.4 is 15.8 Å². The van der Waals surface area contributed by atoms with Crippen molar-refractivity contribution in [3.05, 3.63) is 70.6 Å². The smallest absolute Gasteiger partial charge is 0.289 e. The fraction of sp³-hybridized carbons (Fsp3) is 0.208. The highest BCUT2D eigenvalue weighted by atomic mass is 35.5. The molecule has 3 N–H and O–H groups in total. The molecule has 2 amide bonds. The van der Waals surface area contributed by atoms with Gasteiger partial charge in [-0.3, -0.25) is 9.59 Å². The highest BCUT2D eigenvalue weighted by Gasteiger charge is 2.27. The first-order chi connectivity index (χ1) is 15.8. The summed E-state index contributed by atoms with van der Waals surface area (Å²) in [5, 5.41) is 3.28. The number of furan rings is 1. The van der Waals surface area contributed by atoms with Crippen molar-refractivity contribution < 1.29 is 18.7 Å². The highest BCUT2D eigenvalue weighted by Crippen LogP contribution is 2.40. The number of halogens is 1. The zero-order valence-corrected chi connectivity index (χ0v) is 18.9. The van der Waals surface area contributed by atoms with E-state index in [1.54, 1.807) is 56.7 Å². The van der Waals surface area contributed by atoms with E-state index in [1.165, 1.54) is 11.0 Å². The molecule has 0 saturated carbocycles. The largest absolute Gasteiger partial charge is 0.486 e. The number of nitrogens with zero attached hydrogens (tertiary/aromatic N) is 2. The molecule has 1 aromatic carbocycles. The fourth-order valence-electron chi connectivity index (χ4n) is 3.43. The van der Waals surface area contributed by atoms with Crippen LogP contribution in [-0.4, -0.2) is 48.4 Å². The van der Waals surface area contributed by atoms with Crippen molar-refractivity contribution in [1.82, 2.24) is 15.2 Å². The average molecular weight is 467 g/mol. The van der Waals surface area contributed by atoms with Crippen molar-refractivity contribution >= 4 is 35.3 Å². The lowest BCUT2D eigenvalue weighted by atomic mass is 10.0. The van der Waals surface area contributed by atoms with Gasteiger partial charge in [0.05, 0.1) is 11.6 Å². The molecule has 4 rings (SSSR count). The minimum atomic E-state index is -0.245. The second kappa shape index (κ2) is 9.38. The molecule has 1 aliphatic rings. The van der Waals surface area contributed by atoms with E-state index < -0.39 is 0 Å². The van der Waals surface area contributed by atoms with E-state index in [0.717, 1.165) is 16.7 Å². The van der Waals surface area contributed by atoms with Gasteiger partial charge in [-0.15, -0.1) is 0 Å². The number of amides is 2. The highest BCUT2D eigenvalue weighted by molar-refractivity contribution is 6.32. The lowest BCUT2D eigenvalue weighted by Gasteiger charge is -2.11. The van der Waals surface area contributed by atoms with Crippen LogP contribution in [0.25, 0.3) is 17.4 Å². The van der Waals surface area contributed by atoms with Gasteiger partial charge in [0.25, 0.3) is 5.91 Å². The number of rotatable bonds is 6. The summed E-state index contributed by atoms with van der Waals surface area (Å²) in [6.45, 7) is 0.325. The van der Waals surface area contributed by atoms with Gasteiger partial charge >= 0.3 is 0 Å². The molecule has 2 aromatic heterocycles. The molecule has 8 nitrogen and oxygen atoms in total. The molecule has 9 heteroatoms. The first-order valence-corrected chi connectivity index (χ1v) is 10.7. The Balaban J connectivity index is 1.38. The van der Waals surface area contributed by atoms with Gasteiger partial charge < -0.3 is 25.1 Å². The van der Waals surface area contributed by atoms with Crippen molar-refractivity contribution in [1.29, 1.82) is 0 Å². The number of pyridine rings is 1. The molecule has 0 bridgehead atoms. The zero-order chi connectivity index (χ0) is 23.5. The Morgan fingerprint density at radius 1 is 1.27 bits per heavy atom. The Morgan fingerprint density at radius 2 is 2.09 bits per heavy atom.